The summed E-state index contributed by atoms with van der Waals surface area (Å²) in [6, 6.07) is 11.4. The van der Waals surface area contributed by atoms with Crippen molar-refractivity contribution in [3.8, 4) is 0 Å². The molecule has 0 heterocycles. The fourth-order valence-corrected chi connectivity index (χ4v) is 3.92. The highest BCUT2D eigenvalue weighted by molar-refractivity contribution is 9.10. The summed E-state index contributed by atoms with van der Waals surface area (Å²) in [5.74, 6) is -0.319. The van der Waals surface area contributed by atoms with E-state index in [4.69, 9.17) is 0 Å². The van der Waals surface area contributed by atoms with E-state index in [9.17, 15) is 17.9 Å². The van der Waals surface area contributed by atoms with Crippen LogP contribution in [0, 0.1) is 5.82 Å². The predicted molar refractivity (Wildman–Crippen MR) is 103 cm³/mol. The lowest BCUT2D eigenvalue weighted by Crippen LogP contribution is -2.27. The van der Waals surface area contributed by atoms with Crippen molar-refractivity contribution >= 4 is 26.0 Å². The van der Waals surface area contributed by atoms with Crippen molar-refractivity contribution in [1.29, 1.82) is 0 Å². The summed E-state index contributed by atoms with van der Waals surface area (Å²) in [5.41, 5.74) is 1.28. The van der Waals surface area contributed by atoms with Crippen LogP contribution in [0.1, 0.15) is 11.1 Å². The van der Waals surface area contributed by atoms with Gasteiger partial charge in [-0.2, -0.15) is 0 Å². The van der Waals surface area contributed by atoms with Crippen LogP contribution in [0.25, 0.3) is 0 Å². The summed E-state index contributed by atoms with van der Waals surface area (Å²) in [5, 5.41) is 9.33. The number of halogens is 2. The van der Waals surface area contributed by atoms with Gasteiger partial charge in [0.15, 0.2) is 0 Å². The summed E-state index contributed by atoms with van der Waals surface area (Å²) in [6.07, 6.45) is 0. The van der Waals surface area contributed by atoms with Gasteiger partial charge in [0.05, 0.1) is 11.5 Å². The van der Waals surface area contributed by atoms with Crippen LogP contribution >= 0.6 is 15.9 Å². The molecule has 0 spiro atoms. The normalized spacial score (nSPS) is 12.1. The van der Waals surface area contributed by atoms with Gasteiger partial charge < -0.3 is 5.11 Å². The Kier molecular flexibility index (Phi) is 7.31. The molecule has 0 aromatic heterocycles. The van der Waals surface area contributed by atoms with Gasteiger partial charge in [-0.05, 0) is 35.9 Å². The molecule has 2 rings (SSSR count). The van der Waals surface area contributed by atoms with Gasteiger partial charge in [0, 0.05) is 43.8 Å². The number of nitrogens with zero attached hydrogens (tertiary/aromatic N) is 2. The first-order valence-electron chi connectivity index (χ1n) is 8.02. The van der Waals surface area contributed by atoms with E-state index < -0.39 is 10.0 Å². The first-order chi connectivity index (χ1) is 12.2. The molecule has 0 unspecified atom stereocenters. The van der Waals surface area contributed by atoms with E-state index >= 15 is 0 Å². The molecule has 0 amide bonds. The van der Waals surface area contributed by atoms with Gasteiger partial charge in [0.25, 0.3) is 0 Å². The summed E-state index contributed by atoms with van der Waals surface area (Å²) in [6.45, 7) is 0.960. The van der Waals surface area contributed by atoms with Crippen molar-refractivity contribution in [2.24, 2.45) is 0 Å². The second-order valence-electron chi connectivity index (χ2n) is 6.10. The molecule has 0 saturated heterocycles. The Morgan fingerprint density at radius 1 is 1.12 bits per heavy atom. The van der Waals surface area contributed by atoms with Crippen molar-refractivity contribution in [3.63, 3.8) is 0 Å². The third kappa shape index (κ3) is 5.34. The van der Waals surface area contributed by atoms with E-state index in [0.29, 0.717) is 25.2 Å². The monoisotopic (exact) mass is 444 g/mol. The van der Waals surface area contributed by atoms with Crippen molar-refractivity contribution < 1.29 is 17.9 Å². The maximum Gasteiger partial charge on any atom is 0.242 e. The fourth-order valence-electron chi connectivity index (χ4n) is 2.53. The van der Waals surface area contributed by atoms with Crippen LogP contribution in [-0.4, -0.2) is 50.0 Å². The average molecular weight is 445 g/mol. The van der Waals surface area contributed by atoms with Crippen LogP contribution in [0.3, 0.4) is 0 Å². The Labute approximate surface area is 162 Å². The number of aliphatic hydroxyl groups is 1. The van der Waals surface area contributed by atoms with E-state index in [0.717, 1.165) is 14.3 Å². The minimum Gasteiger partial charge on any atom is -0.395 e. The predicted octanol–water partition coefficient (Wildman–Crippen LogP) is 2.83. The SMILES string of the molecule is CN(C)S(=O)(=O)c1cccc(CN(CCO)Cc2cc(Br)ccc2F)c1. The van der Waals surface area contributed by atoms with Gasteiger partial charge in [-0.1, -0.05) is 28.1 Å². The van der Waals surface area contributed by atoms with E-state index in [-0.39, 0.29) is 17.3 Å². The Morgan fingerprint density at radius 3 is 2.50 bits per heavy atom. The lowest BCUT2D eigenvalue weighted by molar-refractivity contribution is 0.182. The van der Waals surface area contributed by atoms with Crippen molar-refractivity contribution in [3.05, 3.63) is 63.9 Å². The van der Waals surface area contributed by atoms with Crippen LogP contribution in [0.15, 0.2) is 51.8 Å². The zero-order valence-corrected chi connectivity index (χ0v) is 17.1. The van der Waals surface area contributed by atoms with Crippen LogP contribution in [0.4, 0.5) is 4.39 Å². The second kappa shape index (κ2) is 9.05. The Morgan fingerprint density at radius 2 is 1.85 bits per heavy atom. The van der Waals surface area contributed by atoms with Crippen LogP contribution in [0.5, 0.6) is 0 Å². The molecule has 2 aromatic carbocycles. The largest absolute Gasteiger partial charge is 0.395 e. The van der Waals surface area contributed by atoms with Gasteiger partial charge in [-0.15, -0.1) is 0 Å². The van der Waals surface area contributed by atoms with Crippen LogP contribution in [-0.2, 0) is 23.1 Å². The highest BCUT2D eigenvalue weighted by Crippen LogP contribution is 2.20. The molecule has 142 valence electrons. The standard InChI is InChI=1S/C18H22BrFN2O3S/c1-21(2)26(24,25)17-5-3-4-14(10-17)12-22(8-9-23)13-15-11-16(19)6-7-18(15)20/h3-7,10-11,23H,8-9,12-13H2,1-2H3. The topological polar surface area (TPSA) is 60.9 Å². The fraction of sp³-hybridized carbons (Fsp3) is 0.333. The van der Waals surface area contributed by atoms with Crippen LogP contribution in [0.2, 0.25) is 0 Å². The molecule has 0 radical (unpaired) electrons. The molecular formula is C18H22BrFN2O3S. The highest BCUT2D eigenvalue weighted by Gasteiger charge is 2.18. The summed E-state index contributed by atoms with van der Waals surface area (Å²) in [4.78, 5) is 2.07. The molecule has 0 aliphatic rings. The molecule has 0 atom stereocenters. The minimum absolute atomic E-state index is 0.0781. The van der Waals surface area contributed by atoms with Crippen molar-refractivity contribution in [1.82, 2.24) is 9.21 Å². The number of rotatable bonds is 8. The van der Waals surface area contributed by atoms with E-state index in [1.54, 1.807) is 30.3 Å². The number of sulfonamides is 1. The second-order valence-corrected chi connectivity index (χ2v) is 9.17. The average Bonchev–Trinajstić information content (AvgIpc) is 2.58. The van der Waals surface area contributed by atoms with Crippen molar-refractivity contribution in [2.75, 3.05) is 27.2 Å². The summed E-state index contributed by atoms with van der Waals surface area (Å²) < 4.78 is 40.5. The van der Waals surface area contributed by atoms with Gasteiger partial charge in [0.2, 0.25) is 10.0 Å². The van der Waals surface area contributed by atoms with Gasteiger partial charge in [-0.25, -0.2) is 17.1 Å². The zero-order chi connectivity index (χ0) is 19.3. The first-order valence-corrected chi connectivity index (χ1v) is 10.3. The number of benzene rings is 2. The molecule has 0 saturated carbocycles. The molecule has 5 nitrogen and oxygen atoms in total. The molecule has 8 heteroatoms. The first kappa shape index (κ1) is 21.0. The molecule has 0 bridgehead atoms. The highest BCUT2D eigenvalue weighted by atomic mass is 79.9. The third-order valence-electron chi connectivity index (χ3n) is 3.90. The minimum atomic E-state index is -3.52. The summed E-state index contributed by atoms with van der Waals surface area (Å²) >= 11 is 3.33. The molecule has 0 fully saturated rings. The van der Waals surface area contributed by atoms with Gasteiger partial charge >= 0.3 is 0 Å². The number of hydrogen-bond donors (Lipinski definition) is 1. The molecule has 0 aliphatic heterocycles. The van der Waals surface area contributed by atoms with E-state index in [1.807, 2.05) is 11.0 Å². The maximum absolute atomic E-state index is 14.0. The quantitative estimate of drug-likeness (QED) is 0.679. The zero-order valence-electron chi connectivity index (χ0n) is 14.7. The smallest absolute Gasteiger partial charge is 0.242 e. The number of hydrogen-bond acceptors (Lipinski definition) is 4. The van der Waals surface area contributed by atoms with Gasteiger partial charge in [0.1, 0.15) is 5.82 Å². The third-order valence-corrected chi connectivity index (χ3v) is 6.21. The number of aliphatic hydroxyl groups excluding tert-OH is 1. The molecule has 26 heavy (non-hydrogen) atoms. The Bertz CT molecular complexity index is 859. The Balaban J connectivity index is 2.24. The van der Waals surface area contributed by atoms with E-state index in [2.05, 4.69) is 15.9 Å². The van der Waals surface area contributed by atoms with Gasteiger partial charge in [-0.3, -0.25) is 4.90 Å². The van der Waals surface area contributed by atoms with Crippen LogP contribution < -0.4 is 0 Å². The maximum atomic E-state index is 14.0. The lowest BCUT2D eigenvalue weighted by atomic mass is 10.1. The Hall–Kier alpha value is -1.32. The van der Waals surface area contributed by atoms with E-state index in [1.165, 1.54) is 20.2 Å². The van der Waals surface area contributed by atoms with Crippen molar-refractivity contribution in [2.45, 2.75) is 18.0 Å². The molecular weight excluding hydrogens is 423 g/mol. The lowest BCUT2D eigenvalue weighted by Gasteiger charge is -2.22. The molecule has 0 aliphatic carbocycles. The molecule has 2 aromatic rings. The molecule has 1 N–H and O–H groups in total. The summed E-state index contributed by atoms with van der Waals surface area (Å²) in [7, 11) is -0.555.